The number of nitrogens with two attached hydrogens (primary N) is 1. The molecule has 2 heteroatoms. The molecule has 0 amide bonds. The van der Waals surface area contributed by atoms with Gasteiger partial charge < -0.3 is 5.73 Å². The Labute approximate surface area is 80.8 Å². The van der Waals surface area contributed by atoms with Crippen LogP contribution in [0.5, 0.6) is 0 Å². The summed E-state index contributed by atoms with van der Waals surface area (Å²) >= 11 is 0. The van der Waals surface area contributed by atoms with Gasteiger partial charge >= 0.3 is 0 Å². The quantitative estimate of drug-likeness (QED) is 0.579. The number of fused-ring (bicyclic) bond motifs is 1. The van der Waals surface area contributed by atoms with E-state index >= 15 is 0 Å². The summed E-state index contributed by atoms with van der Waals surface area (Å²) in [6.07, 6.45) is 3.60. The summed E-state index contributed by atoms with van der Waals surface area (Å²) in [6, 6.07) is 0.345. The van der Waals surface area contributed by atoms with Crippen LogP contribution in [0.1, 0.15) is 27.2 Å². The molecule has 0 aromatic heterocycles. The van der Waals surface area contributed by atoms with E-state index in [-0.39, 0.29) is 12.4 Å². The van der Waals surface area contributed by atoms with Crippen LogP contribution in [0.2, 0.25) is 0 Å². The molecule has 0 bridgehead atoms. The van der Waals surface area contributed by atoms with Crippen molar-refractivity contribution < 1.29 is 0 Å². The molecule has 1 fully saturated rings. The predicted octanol–water partition coefficient (Wildman–Crippen LogP) is 2.36. The number of rotatable bonds is 0. The van der Waals surface area contributed by atoms with Crippen LogP contribution in [0, 0.1) is 17.3 Å². The van der Waals surface area contributed by atoms with Crippen LogP contribution in [-0.4, -0.2) is 6.04 Å². The van der Waals surface area contributed by atoms with Gasteiger partial charge in [-0.2, -0.15) is 0 Å². The van der Waals surface area contributed by atoms with Gasteiger partial charge in [0.2, 0.25) is 0 Å². The predicted molar refractivity (Wildman–Crippen MR) is 54.4 cm³/mol. The third kappa shape index (κ3) is 1.20. The summed E-state index contributed by atoms with van der Waals surface area (Å²) < 4.78 is 0. The molecule has 2 rings (SSSR count). The fraction of sp³-hybridized carbons (Fsp3) is 0.800. The Morgan fingerprint density at radius 1 is 1.50 bits per heavy atom. The van der Waals surface area contributed by atoms with Crippen molar-refractivity contribution in [3.8, 4) is 0 Å². The molecular weight excluding hydrogens is 170 g/mol. The monoisotopic (exact) mass is 187 g/mol. The first-order valence-corrected chi connectivity index (χ1v) is 4.47. The molecule has 0 aromatic rings. The van der Waals surface area contributed by atoms with E-state index in [1.54, 1.807) is 0 Å². The standard InChI is InChI=1S/C10H17N.ClH/c1-6-4-7-8(5-9(6)11)10(7,2)3;/h4,7-9H,5,11H2,1-3H3;1H. The van der Waals surface area contributed by atoms with Gasteiger partial charge in [0, 0.05) is 6.04 Å². The maximum absolute atomic E-state index is 5.95. The van der Waals surface area contributed by atoms with E-state index in [2.05, 4.69) is 26.8 Å². The Morgan fingerprint density at radius 3 is 2.58 bits per heavy atom. The molecule has 2 aliphatic carbocycles. The van der Waals surface area contributed by atoms with Crippen molar-refractivity contribution in [1.29, 1.82) is 0 Å². The van der Waals surface area contributed by atoms with E-state index in [0.717, 1.165) is 11.8 Å². The Kier molecular flexibility index (Phi) is 2.30. The molecule has 12 heavy (non-hydrogen) atoms. The lowest BCUT2D eigenvalue weighted by molar-refractivity contribution is 0.507. The minimum Gasteiger partial charge on any atom is -0.324 e. The zero-order valence-electron chi connectivity index (χ0n) is 8.00. The van der Waals surface area contributed by atoms with Crippen molar-refractivity contribution in [2.24, 2.45) is 23.0 Å². The van der Waals surface area contributed by atoms with Crippen LogP contribution in [0.15, 0.2) is 11.6 Å². The number of hydrogen-bond acceptors (Lipinski definition) is 1. The van der Waals surface area contributed by atoms with Crippen LogP contribution in [0.4, 0.5) is 0 Å². The van der Waals surface area contributed by atoms with Crippen LogP contribution < -0.4 is 5.73 Å². The highest BCUT2D eigenvalue weighted by molar-refractivity contribution is 5.85. The third-order valence-electron chi connectivity index (χ3n) is 3.67. The zero-order chi connectivity index (χ0) is 8.22. The number of halogens is 1. The highest BCUT2D eigenvalue weighted by atomic mass is 35.5. The molecule has 0 aliphatic heterocycles. The second-order valence-corrected chi connectivity index (χ2v) is 4.71. The molecule has 0 heterocycles. The fourth-order valence-corrected chi connectivity index (χ4v) is 2.43. The Balaban J connectivity index is 0.000000720. The van der Waals surface area contributed by atoms with Gasteiger partial charge in [0.1, 0.15) is 0 Å². The molecule has 0 saturated heterocycles. The fourth-order valence-electron chi connectivity index (χ4n) is 2.43. The van der Waals surface area contributed by atoms with E-state index < -0.39 is 0 Å². The highest BCUT2D eigenvalue weighted by Gasteiger charge is 2.57. The Hall–Kier alpha value is -0.0100. The van der Waals surface area contributed by atoms with E-state index in [1.807, 2.05) is 0 Å². The molecule has 0 radical (unpaired) electrons. The van der Waals surface area contributed by atoms with Crippen LogP contribution in [0.25, 0.3) is 0 Å². The molecule has 0 aromatic carbocycles. The normalized spacial score (nSPS) is 42.3. The zero-order valence-corrected chi connectivity index (χ0v) is 8.82. The lowest BCUT2D eigenvalue weighted by Gasteiger charge is -2.15. The summed E-state index contributed by atoms with van der Waals surface area (Å²) in [5, 5.41) is 0. The van der Waals surface area contributed by atoms with E-state index in [1.165, 1.54) is 12.0 Å². The summed E-state index contributed by atoms with van der Waals surface area (Å²) in [5.41, 5.74) is 7.90. The highest BCUT2D eigenvalue weighted by Crippen LogP contribution is 2.63. The van der Waals surface area contributed by atoms with Gasteiger partial charge in [-0.3, -0.25) is 0 Å². The summed E-state index contributed by atoms with van der Waals surface area (Å²) in [7, 11) is 0. The molecule has 2 aliphatic rings. The topological polar surface area (TPSA) is 26.0 Å². The third-order valence-corrected chi connectivity index (χ3v) is 3.67. The van der Waals surface area contributed by atoms with Crippen LogP contribution in [0.3, 0.4) is 0 Å². The molecule has 1 nitrogen and oxygen atoms in total. The largest absolute Gasteiger partial charge is 0.324 e. The van der Waals surface area contributed by atoms with Crippen LogP contribution >= 0.6 is 12.4 Å². The minimum atomic E-state index is 0. The van der Waals surface area contributed by atoms with Crippen molar-refractivity contribution in [1.82, 2.24) is 0 Å². The van der Waals surface area contributed by atoms with Gasteiger partial charge in [0.25, 0.3) is 0 Å². The van der Waals surface area contributed by atoms with Crippen molar-refractivity contribution in [3.05, 3.63) is 11.6 Å². The smallest absolute Gasteiger partial charge is 0.0254 e. The van der Waals surface area contributed by atoms with Gasteiger partial charge in [-0.15, -0.1) is 12.4 Å². The molecular formula is C10H18ClN. The van der Waals surface area contributed by atoms with Crippen molar-refractivity contribution in [2.45, 2.75) is 33.2 Å². The molecule has 2 N–H and O–H groups in total. The second-order valence-electron chi connectivity index (χ2n) is 4.71. The second kappa shape index (κ2) is 2.74. The van der Waals surface area contributed by atoms with Gasteiger partial charge in [-0.05, 0) is 30.6 Å². The van der Waals surface area contributed by atoms with Gasteiger partial charge in [0.05, 0.1) is 0 Å². The summed E-state index contributed by atoms with van der Waals surface area (Å²) in [4.78, 5) is 0. The maximum atomic E-state index is 5.95. The van der Waals surface area contributed by atoms with Crippen molar-refractivity contribution in [3.63, 3.8) is 0 Å². The summed E-state index contributed by atoms with van der Waals surface area (Å²) in [5.74, 6) is 1.71. The van der Waals surface area contributed by atoms with E-state index in [0.29, 0.717) is 11.5 Å². The lowest BCUT2D eigenvalue weighted by atomic mass is 9.96. The van der Waals surface area contributed by atoms with Gasteiger partial charge in [-0.25, -0.2) is 0 Å². The average Bonchev–Trinajstić information content (AvgIpc) is 2.39. The molecule has 3 unspecified atom stereocenters. The molecule has 3 atom stereocenters. The lowest BCUT2D eigenvalue weighted by Crippen LogP contribution is -2.24. The van der Waals surface area contributed by atoms with E-state index in [4.69, 9.17) is 5.73 Å². The van der Waals surface area contributed by atoms with Crippen molar-refractivity contribution >= 4 is 12.4 Å². The Morgan fingerprint density at radius 2 is 2.08 bits per heavy atom. The first-order valence-electron chi connectivity index (χ1n) is 4.47. The SMILES string of the molecule is CC1=CC2C(CC1N)C2(C)C.Cl. The van der Waals surface area contributed by atoms with Crippen LogP contribution in [-0.2, 0) is 0 Å². The molecule has 70 valence electrons. The first-order chi connectivity index (χ1) is 5.03. The molecule has 1 saturated carbocycles. The molecule has 0 spiro atoms. The van der Waals surface area contributed by atoms with Crippen molar-refractivity contribution in [2.75, 3.05) is 0 Å². The van der Waals surface area contributed by atoms with E-state index in [9.17, 15) is 0 Å². The minimum absolute atomic E-state index is 0. The number of allylic oxidation sites excluding steroid dienone is 1. The maximum Gasteiger partial charge on any atom is 0.0254 e. The Bertz CT molecular complexity index is 220. The number of hydrogen-bond donors (Lipinski definition) is 1. The average molecular weight is 188 g/mol. The first kappa shape index (κ1) is 10.1. The summed E-state index contributed by atoms with van der Waals surface area (Å²) in [6.45, 7) is 6.86. The van der Waals surface area contributed by atoms with Gasteiger partial charge in [0.15, 0.2) is 0 Å². The van der Waals surface area contributed by atoms with Gasteiger partial charge in [-0.1, -0.05) is 25.5 Å².